The van der Waals surface area contributed by atoms with Crippen molar-refractivity contribution in [3.8, 4) is 0 Å². The molecule has 0 bridgehead atoms. The summed E-state index contributed by atoms with van der Waals surface area (Å²) >= 11 is 0. The van der Waals surface area contributed by atoms with Crippen LogP contribution in [0.2, 0.25) is 0 Å². The number of halogens is 1. The van der Waals surface area contributed by atoms with Crippen LogP contribution < -0.4 is 5.32 Å². The van der Waals surface area contributed by atoms with E-state index in [1.54, 1.807) is 24.9 Å². The fourth-order valence-electron chi connectivity index (χ4n) is 2.41. The highest BCUT2D eigenvalue weighted by Crippen LogP contribution is 2.12. The van der Waals surface area contributed by atoms with Gasteiger partial charge in [-0.3, -0.25) is 4.79 Å². The molecule has 4 heteroatoms. The van der Waals surface area contributed by atoms with E-state index in [0.717, 1.165) is 24.9 Å². The molecule has 0 saturated carbocycles. The first kappa shape index (κ1) is 13.0. The third-order valence-corrected chi connectivity index (χ3v) is 3.29. The Labute approximate surface area is 107 Å². The predicted molar refractivity (Wildman–Crippen MR) is 69.1 cm³/mol. The lowest BCUT2D eigenvalue weighted by molar-refractivity contribution is 0.0783. The van der Waals surface area contributed by atoms with Crippen LogP contribution in [-0.4, -0.2) is 37.0 Å². The second-order valence-electron chi connectivity index (χ2n) is 5.00. The van der Waals surface area contributed by atoms with Gasteiger partial charge in [0.05, 0.1) is 0 Å². The zero-order valence-corrected chi connectivity index (χ0v) is 10.9. The summed E-state index contributed by atoms with van der Waals surface area (Å²) in [5, 5.41) is 3.35. The molecule has 1 fully saturated rings. The van der Waals surface area contributed by atoms with Crippen molar-refractivity contribution in [1.82, 2.24) is 10.2 Å². The number of amides is 1. The van der Waals surface area contributed by atoms with Gasteiger partial charge < -0.3 is 10.2 Å². The van der Waals surface area contributed by atoms with Gasteiger partial charge in [0.2, 0.25) is 0 Å². The molecule has 3 nitrogen and oxygen atoms in total. The van der Waals surface area contributed by atoms with E-state index in [-0.39, 0.29) is 11.7 Å². The minimum atomic E-state index is -0.356. The zero-order chi connectivity index (χ0) is 13.1. The molecule has 1 aromatic rings. The molecule has 0 spiro atoms. The second-order valence-corrected chi connectivity index (χ2v) is 5.00. The van der Waals surface area contributed by atoms with Gasteiger partial charge >= 0.3 is 0 Å². The largest absolute Gasteiger partial charge is 0.340 e. The van der Waals surface area contributed by atoms with Crippen molar-refractivity contribution in [3.63, 3.8) is 0 Å². The van der Waals surface area contributed by atoms with E-state index in [1.165, 1.54) is 12.1 Å². The minimum Gasteiger partial charge on any atom is -0.340 e. The van der Waals surface area contributed by atoms with Gasteiger partial charge in [-0.05, 0) is 50.1 Å². The van der Waals surface area contributed by atoms with Crippen LogP contribution in [0.3, 0.4) is 0 Å². The van der Waals surface area contributed by atoms with Crippen LogP contribution in [-0.2, 0) is 0 Å². The number of hydrogen-bond acceptors (Lipinski definition) is 2. The Kier molecular flexibility index (Phi) is 3.97. The summed E-state index contributed by atoms with van der Waals surface area (Å²) in [5.41, 5.74) is 1.19. The van der Waals surface area contributed by atoms with Crippen molar-refractivity contribution in [1.29, 1.82) is 0 Å². The lowest BCUT2D eigenvalue weighted by Crippen LogP contribution is -2.38. The van der Waals surface area contributed by atoms with Gasteiger partial charge in [-0.25, -0.2) is 4.39 Å². The Morgan fingerprint density at radius 2 is 2.28 bits per heavy atom. The highest BCUT2D eigenvalue weighted by molar-refractivity contribution is 5.94. The van der Waals surface area contributed by atoms with Crippen molar-refractivity contribution >= 4 is 5.91 Å². The Morgan fingerprint density at radius 1 is 1.50 bits per heavy atom. The van der Waals surface area contributed by atoms with Crippen molar-refractivity contribution in [2.75, 3.05) is 20.1 Å². The zero-order valence-electron chi connectivity index (χ0n) is 10.9. The molecule has 1 heterocycles. The van der Waals surface area contributed by atoms with E-state index in [2.05, 4.69) is 5.32 Å². The summed E-state index contributed by atoms with van der Waals surface area (Å²) in [6.07, 6.45) is 2.26. The summed E-state index contributed by atoms with van der Waals surface area (Å²) in [4.78, 5) is 13.8. The Bertz CT molecular complexity index is 421. The van der Waals surface area contributed by atoms with E-state index in [0.29, 0.717) is 18.2 Å². The molecule has 0 aromatic heterocycles. The maximum absolute atomic E-state index is 13.3. The molecular formula is C14H19FN2O. The average molecular weight is 250 g/mol. The van der Waals surface area contributed by atoms with Crippen LogP contribution in [0.4, 0.5) is 4.39 Å². The van der Waals surface area contributed by atoms with Crippen molar-refractivity contribution in [2.24, 2.45) is 0 Å². The lowest BCUT2D eigenvalue weighted by Gasteiger charge is -2.21. The van der Waals surface area contributed by atoms with Crippen LogP contribution in [0.5, 0.6) is 0 Å². The van der Waals surface area contributed by atoms with Crippen LogP contribution in [0.15, 0.2) is 18.2 Å². The lowest BCUT2D eigenvalue weighted by atomic mass is 10.1. The first-order chi connectivity index (χ1) is 8.56. The quantitative estimate of drug-likeness (QED) is 0.889. The van der Waals surface area contributed by atoms with Gasteiger partial charge in [-0.15, -0.1) is 0 Å². The number of rotatable bonds is 3. The number of carbonyl (C=O) groups is 1. The first-order valence-electron chi connectivity index (χ1n) is 6.32. The van der Waals surface area contributed by atoms with Crippen molar-refractivity contribution in [3.05, 3.63) is 35.1 Å². The Hall–Kier alpha value is -1.42. The third-order valence-electron chi connectivity index (χ3n) is 3.29. The molecule has 1 N–H and O–H groups in total. The molecule has 1 amide bonds. The number of hydrogen-bond donors (Lipinski definition) is 1. The summed E-state index contributed by atoms with van der Waals surface area (Å²) in [6, 6.07) is 4.82. The standard InChI is InChI=1S/C14H19FN2O/c1-10-6-11(8-12(15)7-10)14(18)17(2)9-13-4-3-5-16-13/h6-8,13,16H,3-5,9H2,1-2H3. The fraction of sp³-hybridized carbons (Fsp3) is 0.500. The van der Waals surface area contributed by atoms with Crippen molar-refractivity contribution < 1.29 is 9.18 Å². The van der Waals surface area contributed by atoms with E-state index in [4.69, 9.17) is 0 Å². The summed E-state index contributed by atoms with van der Waals surface area (Å²) in [7, 11) is 1.77. The summed E-state index contributed by atoms with van der Waals surface area (Å²) in [5.74, 6) is -0.475. The van der Waals surface area contributed by atoms with E-state index in [9.17, 15) is 9.18 Å². The smallest absolute Gasteiger partial charge is 0.253 e. The van der Waals surface area contributed by atoms with Gasteiger partial charge in [0.15, 0.2) is 0 Å². The summed E-state index contributed by atoms with van der Waals surface area (Å²) < 4.78 is 13.3. The van der Waals surface area contributed by atoms with E-state index in [1.807, 2.05) is 0 Å². The molecule has 1 unspecified atom stereocenters. The molecule has 1 aliphatic heterocycles. The van der Waals surface area contributed by atoms with Gasteiger partial charge in [0.25, 0.3) is 5.91 Å². The Balaban J connectivity index is 2.04. The number of carbonyl (C=O) groups excluding carboxylic acids is 1. The number of benzene rings is 1. The third kappa shape index (κ3) is 3.07. The predicted octanol–water partition coefficient (Wildman–Crippen LogP) is 1.96. The molecule has 1 saturated heterocycles. The molecule has 2 rings (SSSR count). The van der Waals surface area contributed by atoms with E-state index >= 15 is 0 Å². The average Bonchev–Trinajstić information content (AvgIpc) is 2.79. The molecule has 1 aromatic carbocycles. The molecule has 18 heavy (non-hydrogen) atoms. The van der Waals surface area contributed by atoms with Gasteiger partial charge in [0, 0.05) is 25.2 Å². The second kappa shape index (κ2) is 5.48. The fourth-order valence-corrected chi connectivity index (χ4v) is 2.41. The topological polar surface area (TPSA) is 32.3 Å². The molecular weight excluding hydrogens is 231 g/mol. The molecule has 98 valence electrons. The number of nitrogens with zero attached hydrogens (tertiary/aromatic N) is 1. The monoisotopic (exact) mass is 250 g/mol. The minimum absolute atomic E-state index is 0.119. The number of nitrogens with one attached hydrogen (secondary N) is 1. The number of likely N-dealkylation sites (N-methyl/N-ethyl adjacent to an activating group) is 1. The van der Waals surface area contributed by atoms with Gasteiger partial charge in [-0.1, -0.05) is 0 Å². The Morgan fingerprint density at radius 3 is 2.89 bits per heavy atom. The molecule has 0 radical (unpaired) electrons. The van der Waals surface area contributed by atoms with Crippen LogP contribution in [0.1, 0.15) is 28.8 Å². The highest BCUT2D eigenvalue weighted by Gasteiger charge is 2.20. The molecule has 0 aliphatic carbocycles. The maximum atomic E-state index is 13.3. The number of aryl methyl sites for hydroxylation is 1. The van der Waals surface area contributed by atoms with Crippen LogP contribution in [0, 0.1) is 12.7 Å². The normalized spacial score (nSPS) is 18.9. The first-order valence-corrected chi connectivity index (χ1v) is 6.32. The van der Waals surface area contributed by atoms with Gasteiger partial charge in [-0.2, -0.15) is 0 Å². The van der Waals surface area contributed by atoms with Crippen LogP contribution in [0.25, 0.3) is 0 Å². The van der Waals surface area contributed by atoms with E-state index < -0.39 is 0 Å². The van der Waals surface area contributed by atoms with Crippen molar-refractivity contribution in [2.45, 2.75) is 25.8 Å². The molecule has 1 atom stereocenters. The van der Waals surface area contributed by atoms with Crippen LogP contribution >= 0.6 is 0 Å². The highest BCUT2D eigenvalue weighted by atomic mass is 19.1. The maximum Gasteiger partial charge on any atom is 0.253 e. The summed E-state index contributed by atoms with van der Waals surface area (Å²) in [6.45, 7) is 3.48. The molecule has 1 aliphatic rings. The van der Waals surface area contributed by atoms with Gasteiger partial charge in [0.1, 0.15) is 5.82 Å². The SMILES string of the molecule is Cc1cc(F)cc(C(=O)N(C)CC2CCCN2)c1.